The van der Waals surface area contributed by atoms with Crippen molar-refractivity contribution >= 4 is 27.9 Å². The minimum atomic E-state index is -3.95. The molecular formula is C19H30N6O6S. The van der Waals surface area contributed by atoms with Gasteiger partial charge < -0.3 is 31.2 Å². The van der Waals surface area contributed by atoms with Crippen molar-refractivity contribution < 1.29 is 27.5 Å². The molecule has 0 saturated heterocycles. The van der Waals surface area contributed by atoms with Crippen LogP contribution in [0, 0.1) is 0 Å². The van der Waals surface area contributed by atoms with Gasteiger partial charge >= 0.3 is 5.97 Å². The van der Waals surface area contributed by atoms with E-state index in [2.05, 4.69) is 30.4 Å². The van der Waals surface area contributed by atoms with Crippen LogP contribution in [0.4, 0.5) is 0 Å². The van der Waals surface area contributed by atoms with E-state index in [0.717, 1.165) is 32.6 Å². The maximum Gasteiger partial charge on any atom is 0.325 e. The number of esters is 1. The first kappa shape index (κ1) is 25.4. The standard InChI is InChI=1S/C19H30N6O6S/c1-13(20)32(28,29)25-16(18(27)30-2)12-24-17(26)14-4-6-15(7-5-14)31-11-10-23-19-21-8-3-9-22-19/h4-7,13,16,25H,3,8-12,20H2,1-2H3,(H,24,26)(H2,21,22,23). The number of benzene rings is 1. The van der Waals surface area contributed by atoms with E-state index in [4.69, 9.17) is 10.5 Å². The number of guanidine groups is 1. The van der Waals surface area contributed by atoms with Gasteiger partial charge in [0.1, 0.15) is 23.8 Å². The summed E-state index contributed by atoms with van der Waals surface area (Å²) in [5.74, 6) is 0.00846. The van der Waals surface area contributed by atoms with Crippen LogP contribution in [0.3, 0.4) is 0 Å². The van der Waals surface area contributed by atoms with Gasteiger partial charge in [-0.05, 0) is 37.6 Å². The quantitative estimate of drug-likeness (QED) is 0.190. The van der Waals surface area contributed by atoms with Crippen molar-refractivity contribution in [2.45, 2.75) is 24.8 Å². The highest BCUT2D eigenvalue weighted by molar-refractivity contribution is 7.90. The molecule has 0 aliphatic carbocycles. The number of sulfonamides is 1. The highest BCUT2D eigenvalue weighted by Gasteiger charge is 2.28. The van der Waals surface area contributed by atoms with Crippen LogP contribution in [0.15, 0.2) is 29.3 Å². The number of carbonyl (C=O) groups is 2. The van der Waals surface area contributed by atoms with Gasteiger partial charge in [0.2, 0.25) is 10.0 Å². The van der Waals surface area contributed by atoms with Gasteiger partial charge in [-0.3, -0.25) is 14.6 Å². The molecule has 32 heavy (non-hydrogen) atoms. The van der Waals surface area contributed by atoms with E-state index in [-0.39, 0.29) is 6.54 Å². The summed E-state index contributed by atoms with van der Waals surface area (Å²) in [7, 11) is -2.83. The fraction of sp³-hybridized carbons (Fsp3) is 0.526. The van der Waals surface area contributed by atoms with E-state index in [1.807, 2.05) is 0 Å². The smallest absolute Gasteiger partial charge is 0.325 e. The summed E-state index contributed by atoms with van der Waals surface area (Å²) in [5, 5.41) is 7.56. The van der Waals surface area contributed by atoms with Gasteiger partial charge in [-0.15, -0.1) is 0 Å². The second-order valence-electron chi connectivity index (χ2n) is 6.96. The average Bonchev–Trinajstić information content (AvgIpc) is 2.79. The van der Waals surface area contributed by atoms with Crippen molar-refractivity contribution in [2.75, 3.05) is 39.9 Å². The van der Waals surface area contributed by atoms with Gasteiger partial charge in [0.25, 0.3) is 5.91 Å². The van der Waals surface area contributed by atoms with E-state index in [9.17, 15) is 18.0 Å². The van der Waals surface area contributed by atoms with E-state index in [1.165, 1.54) is 6.92 Å². The number of nitrogens with two attached hydrogens (primary N) is 1. The van der Waals surface area contributed by atoms with E-state index < -0.39 is 33.3 Å². The molecular weight excluding hydrogens is 440 g/mol. The predicted molar refractivity (Wildman–Crippen MR) is 119 cm³/mol. The minimum absolute atomic E-state index is 0.306. The van der Waals surface area contributed by atoms with Crippen LogP contribution >= 0.6 is 0 Å². The third-order valence-electron chi connectivity index (χ3n) is 4.43. The molecule has 1 aromatic rings. The number of ether oxygens (including phenoxy) is 2. The molecule has 178 valence electrons. The van der Waals surface area contributed by atoms with Crippen molar-refractivity contribution in [1.82, 2.24) is 20.7 Å². The second kappa shape index (κ2) is 12.2. The van der Waals surface area contributed by atoms with Crippen molar-refractivity contribution in [3.63, 3.8) is 0 Å². The fourth-order valence-electron chi connectivity index (χ4n) is 2.61. The number of nitrogens with one attached hydrogen (secondary N) is 4. The van der Waals surface area contributed by atoms with Crippen molar-refractivity contribution in [2.24, 2.45) is 10.7 Å². The Kier molecular flexibility index (Phi) is 9.68. The predicted octanol–water partition coefficient (Wildman–Crippen LogP) is -1.50. The molecule has 2 atom stereocenters. The van der Waals surface area contributed by atoms with Crippen LogP contribution in [0.1, 0.15) is 23.7 Å². The largest absolute Gasteiger partial charge is 0.492 e. The van der Waals surface area contributed by atoms with Crippen molar-refractivity contribution in [1.29, 1.82) is 0 Å². The molecule has 0 radical (unpaired) electrons. The van der Waals surface area contributed by atoms with Crippen molar-refractivity contribution in [3.05, 3.63) is 29.8 Å². The first-order valence-electron chi connectivity index (χ1n) is 10.1. The van der Waals surface area contributed by atoms with Crippen LogP contribution in [-0.2, 0) is 19.6 Å². The number of methoxy groups -OCH3 is 1. The molecule has 0 saturated carbocycles. The van der Waals surface area contributed by atoms with Crippen LogP contribution in [0.5, 0.6) is 5.75 Å². The number of carbonyl (C=O) groups excluding carboxylic acids is 2. The first-order chi connectivity index (χ1) is 15.2. The Balaban J connectivity index is 1.82. The lowest BCUT2D eigenvalue weighted by Gasteiger charge is -2.18. The summed E-state index contributed by atoms with van der Waals surface area (Å²) >= 11 is 0. The lowest BCUT2D eigenvalue weighted by molar-refractivity contribution is -0.142. The van der Waals surface area contributed by atoms with E-state index in [1.54, 1.807) is 24.3 Å². The van der Waals surface area contributed by atoms with Gasteiger partial charge in [-0.25, -0.2) is 8.42 Å². The Bertz CT molecular complexity index is 903. The zero-order valence-corrected chi connectivity index (χ0v) is 18.9. The molecule has 0 fully saturated rings. The fourth-order valence-corrected chi connectivity index (χ4v) is 3.40. The number of nitrogens with zero attached hydrogens (tertiary/aromatic N) is 1. The lowest BCUT2D eigenvalue weighted by Crippen LogP contribution is -2.52. The summed E-state index contributed by atoms with van der Waals surface area (Å²) in [6.45, 7) is 3.63. The molecule has 2 rings (SSSR count). The maximum absolute atomic E-state index is 12.4. The highest BCUT2D eigenvalue weighted by Crippen LogP contribution is 2.12. The molecule has 1 amide bonds. The van der Waals surface area contributed by atoms with Crippen LogP contribution in [0.2, 0.25) is 0 Å². The van der Waals surface area contributed by atoms with Gasteiger partial charge in [0.15, 0.2) is 5.96 Å². The van der Waals surface area contributed by atoms with Crippen LogP contribution in [0.25, 0.3) is 0 Å². The molecule has 0 bridgehead atoms. The van der Waals surface area contributed by atoms with Gasteiger partial charge in [-0.1, -0.05) is 0 Å². The summed E-state index contributed by atoms with van der Waals surface area (Å²) in [4.78, 5) is 28.5. The third-order valence-corrected chi connectivity index (χ3v) is 6.02. The summed E-state index contributed by atoms with van der Waals surface area (Å²) in [5.41, 5.74) is 5.70. The Morgan fingerprint density at radius 1 is 1.28 bits per heavy atom. The van der Waals surface area contributed by atoms with Crippen molar-refractivity contribution in [3.8, 4) is 5.75 Å². The van der Waals surface area contributed by atoms with E-state index in [0.29, 0.717) is 24.5 Å². The normalized spacial score (nSPS) is 15.5. The zero-order chi connectivity index (χ0) is 23.6. The number of hydrogen-bond acceptors (Lipinski definition) is 10. The molecule has 6 N–H and O–H groups in total. The van der Waals surface area contributed by atoms with Gasteiger partial charge in [0.05, 0.1) is 13.7 Å². The summed E-state index contributed by atoms with van der Waals surface area (Å²) in [6, 6.07) is 5.09. The number of amides is 1. The topological polar surface area (TPSA) is 173 Å². The second-order valence-corrected chi connectivity index (χ2v) is 9.03. The Morgan fingerprint density at radius 2 is 2.00 bits per heavy atom. The van der Waals surface area contributed by atoms with Gasteiger partial charge in [-0.2, -0.15) is 4.72 Å². The van der Waals surface area contributed by atoms with Gasteiger partial charge in [0, 0.05) is 25.2 Å². The zero-order valence-electron chi connectivity index (χ0n) is 18.1. The number of rotatable bonds is 11. The molecule has 0 spiro atoms. The van der Waals surface area contributed by atoms with E-state index >= 15 is 0 Å². The highest BCUT2D eigenvalue weighted by atomic mass is 32.2. The Labute approximate surface area is 187 Å². The molecule has 1 aliphatic rings. The SMILES string of the molecule is COC(=O)C(CNC(=O)c1ccc(OCCNC2=NCCCN2)cc1)NS(=O)(=O)C(C)N. The molecule has 1 aliphatic heterocycles. The summed E-state index contributed by atoms with van der Waals surface area (Å²) < 4.78 is 36.2. The molecule has 1 heterocycles. The molecule has 1 aromatic carbocycles. The Morgan fingerprint density at radius 3 is 2.59 bits per heavy atom. The van der Waals surface area contributed by atoms with Crippen LogP contribution < -0.4 is 31.1 Å². The monoisotopic (exact) mass is 470 g/mol. The number of hydrogen-bond donors (Lipinski definition) is 5. The summed E-state index contributed by atoms with van der Waals surface area (Å²) in [6.07, 6.45) is 1.02. The maximum atomic E-state index is 12.4. The average molecular weight is 471 g/mol. The molecule has 12 nitrogen and oxygen atoms in total. The molecule has 0 aromatic heterocycles. The molecule has 13 heteroatoms. The first-order valence-corrected chi connectivity index (χ1v) is 11.7. The minimum Gasteiger partial charge on any atom is -0.492 e. The lowest BCUT2D eigenvalue weighted by atomic mass is 10.2. The Hall–Kier alpha value is -2.90. The number of aliphatic imine (C=N–C) groups is 1. The van der Waals surface area contributed by atoms with Crippen LogP contribution in [-0.4, -0.2) is 77.6 Å². The molecule has 2 unspecified atom stereocenters. The third kappa shape index (κ3) is 7.98.